The van der Waals surface area contributed by atoms with Crippen LogP contribution in [0.3, 0.4) is 0 Å². The first-order chi connectivity index (χ1) is 26.2. The SMILES string of the molecule is CCCCCCCCCCCCCCCCCCN(CCCCCCCCCCCCCCCCCC)c1cccc2c1C(=O)c1ccccc1C2=O. The van der Waals surface area contributed by atoms with Crippen molar-refractivity contribution in [2.75, 3.05) is 18.0 Å². The Hall–Kier alpha value is -2.42. The van der Waals surface area contributed by atoms with E-state index in [-0.39, 0.29) is 11.6 Å². The minimum Gasteiger partial charge on any atom is -0.371 e. The molecule has 0 bridgehead atoms. The van der Waals surface area contributed by atoms with Crippen molar-refractivity contribution in [3.63, 3.8) is 0 Å². The fraction of sp³-hybridized carbons (Fsp3) is 0.720. The maximum absolute atomic E-state index is 13.8. The van der Waals surface area contributed by atoms with Gasteiger partial charge in [-0.3, -0.25) is 9.59 Å². The van der Waals surface area contributed by atoms with Crippen LogP contribution >= 0.6 is 0 Å². The fourth-order valence-electron chi connectivity index (χ4n) is 8.44. The Labute approximate surface area is 327 Å². The number of fused-ring (bicyclic) bond motifs is 2. The maximum atomic E-state index is 13.8. The Morgan fingerprint density at radius 3 is 1.00 bits per heavy atom. The standard InChI is InChI=1S/C50H81NO2/c1-3-5-7-9-11-13-15-17-19-21-23-25-27-29-31-35-42-51(43-36-32-30-28-26-24-22-20-18-16-14-12-10-8-6-4-2)47-41-37-40-46-48(47)50(53)45-39-34-33-38-44(45)49(46)52/h33-34,37-41H,3-32,35-36,42-43H2,1-2H3. The molecule has 0 spiro atoms. The maximum Gasteiger partial charge on any atom is 0.196 e. The predicted octanol–water partition coefficient (Wildman–Crippen LogP) is 15.8. The van der Waals surface area contributed by atoms with Crippen molar-refractivity contribution in [3.05, 3.63) is 64.7 Å². The molecule has 2 aromatic carbocycles. The minimum absolute atomic E-state index is 0.00903. The van der Waals surface area contributed by atoms with Crippen LogP contribution in [0.1, 0.15) is 251 Å². The van der Waals surface area contributed by atoms with Gasteiger partial charge in [-0.05, 0) is 18.9 Å². The molecule has 0 amide bonds. The van der Waals surface area contributed by atoms with Crippen molar-refractivity contribution in [1.29, 1.82) is 0 Å². The Balaban J connectivity index is 1.36. The number of hydrogen-bond donors (Lipinski definition) is 0. The van der Waals surface area contributed by atoms with Crippen LogP contribution < -0.4 is 4.90 Å². The largest absolute Gasteiger partial charge is 0.371 e. The second-order valence-electron chi connectivity index (χ2n) is 16.5. The van der Waals surface area contributed by atoms with Gasteiger partial charge in [-0.1, -0.05) is 243 Å². The third kappa shape index (κ3) is 18.2. The highest BCUT2D eigenvalue weighted by Crippen LogP contribution is 2.34. The average Bonchev–Trinajstić information content (AvgIpc) is 3.18. The van der Waals surface area contributed by atoms with E-state index in [2.05, 4.69) is 24.8 Å². The molecule has 1 aliphatic carbocycles. The number of benzene rings is 2. The summed E-state index contributed by atoms with van der Waals surface area (Å²) in [6.07, 6.45) is 43.8. The van der Waals surface area contributed by atoms with Gasteiger partial charge in [0.1, 0.15) is 0 Å². The zero-order valence-electron chi connectivity index (χ0n) is 34.8. The molecule has 1 aliphatic rings. The molecule has 0 saturated heterocycles. The van der Waals surface area contributed by atoms with Crippen LogP contribution in [-0.4, -0.2) is 24.7 Å². The van der Waals surface area contributed by atoms with E-state index in [1.807, 2.05) is 30.3 Å². The summed E-state index contributed by atoms with van der Waals surface area (Å²) in [6, 6.07) is 13.3. The van der Waals surface area contributed by atoms with E-state index in [9.17, 15) is 9.59 Å². The van der Waals surface area contributed by atoms with E-state index >= 15 is 0 Å². The summed E-state index contributed by atoms with van der Waals surface area (Å²) in [7, 11) is 0. The lowest BCUT2D eigenvalue weighted by atomic mass is 9.83. The molecule has 0 N–H and O–H groups in total. The lowest BCUT2D eigenvalue weighted by molar-refractivity contribution is 0.0979. The third-order valence-electron chi connectivity index (χ3n) is 11.8. The zero-order chi connectivity index (χ0) is 37.6. The fourth-order valence-corrected chi connectivity index (χ4v) is 8.44. The molecule has 0 unspecified atom stereocenters. The number of anilines is 1. The molecule has 0 heterocycles. The van der Waals surface area contributed by atoms with Gasteiger partial charge in [0.2, 0.25) is 0 Å². The molecule has 2 aromatic rings. The molecular weight excluding hydrogens is 647 g/mol. The van der Waals surface area contributed by atoms with Crippen molar-refractivity contribution < 1.29 is 9.59 Å². The van der Waals surface area contributed by atoms with E-state index < -0.39 is 0 Å². The van der Waals surface area contributed by atoms with Crippen LogP contribution in [0, 0.1) is 0 Å². The van der Waals surface area contributed by atoms with Crippen molar-refractivity contribution >= 4 is 17.3 Å². The first-order valence-electron chi connectivity index (χ1n) is 23.2. The van der Waals surface area contributed by atoms with Gasteiger partial charge in [-0.25, -0.2) is 0 Å². The number of nitrogens with zero attached hydrogens (tertiary/aromatic N) is 1. The monoisotopic (exact) mass is 728 g/mol. The Morgan fingerprint density at radius 2 is 0.642 bits per heavy atom. The lowest BCUT2D eigenvalue weighted by Crippen LogP contribution is -2.30. The molecule has 3 nitrogen and oxygen atoms in total. The van der Waals surface area contributed by atoms with Crippen molar-refractivity contribution in [2.24, 2.45) is 0 Å². The predicted molar refractivity (Wildman–Crippen MR) is 231 cm³/mol. The van der Waals surface area contributed by atoms with Gasteiger partial charge in [0.15, 0.2) is 11.6 Å². The summed E-state index contributed by atoms with van der Waals surface area (Å²) in [5.41, 5.74) is 3.28. The first kappa shape index (κ1) is 45.0. The third-order valence-corrected chi connectivity index (χ3v) is 11.8. The summed E-state index contributed by atoms with van der Waals surface area (Å²) in [4.78, 5) is 29.8. The van der Waals surface area contributed by atoms with E-state index in [1.165, 1.54) is 193 Å². The van der Waals surface area contributed by atoms with Gasteiger partial charge in [-0.2, -0.15) is 0 Å². The highest BCUT2D eigenvalue weighted by Gasteiger charge is 2.32. The number of rotatable bonds is 35. The number of ketones is 2. The van der Waals surface area contributed by atoms with Crippen LogP contribution in [0.5, 0.6) is 0 Å². The van der Waals surface area contributed by atoms with Gasteiger partial charge < -0.3 is 4.90 Å². The van der Waals surface area contributed by atoms with E-state index in [0.29, 0.717) is 22.3 Å². The molecule has 0 saturated carbocycles. The van der Waals surface area contributed by atoms with E-state index in [0.717, 1.165) is 31.6 Å². The van der Waals surface area contributed by atoms with Gasteiger partial charge in [0, 0.05) is 35.5 Å². The molecule has 0 aliphatic heterocycles. The Bertz CT molecular complexity index is 1200. The molecule has 53 heavy (non-hydrogen) atoms. The molecule has 0 fully saturated rings. The van der Waals surface area contributed by atoms with E-state index in [4.69, 9.17) is 0 Å². The van der Waals surface area contributed by atoms with Crippen LogP contribution in [-0.2, 0) is 0 Å². The quantitative estimate of drug-likeness (QED) is 0.0566. The van der Waals surface area contributed by atoms with Crippen LogP contribution in [0.2, 0.25) is 0 Å². The normalized spacial score (nSPS) is 12.3. The Morgan fingerprint density at radius 1 is 0.340 bits per heavy atom. The van der Waals surface area contributed by atoms with E-state index in [1.54, 1.807) is 6.07 Å². The average molecular weight is 728 g/mol. The molecule has 3 heteroatoms. The smallest absolute Gasteiger partial charge is 0.196 e. The van der Waals surface area contributed by atoms with Crippen LogP contribution in [0.4, 0.5) is 5.69 Å². The molecule has 0 aromatic heterocycles. The number of carbonyl (C=O) groups excluding carboxylic acids is 2. The number of hydrogen-bond acceptors (Lipinski definition) is 3. The van der Waals surface area contributed by atoms with Gasteiger partial charge in [0.05, 0.1) is 5.56 Å². The summed E-state index contributed by atoms with van der Waals surface area (Å²) < 4.78 is 0. The number of unbranched alkanes of at least 4 members (excludes halogenated alkanes) is 30. The minimum atomic E-state index is -0.0122. The second kappa shape index (κ2) is 29.9. The van der Waals surface area contributed by atoms with Crippen molar-refractivity contribution in [3.8, 4) is 0 Å². The summed E-state index contributed by atoms with van der Waals surface area (Å²) in [5, 5.41) is 0. The van der Waals surface area contributed by atoms with Crippen LogP contribution in [0.25, 0.3) is 0 Å². The number of carbonyl (C=O) groups is 2. The topological polar surface area (TPSA) is 37.4 Å². The highest BCUT2D eigenvalue weighted by atomic mass is 16.1. The molecule has 0 radical (unpaired) electrons. The molecule has 0 atom stereocenters. The van der Waals surface area contributed by atoms with Crippen molar-refractivity contribution in [2.45, 2.75) is 219 Å². The molecule has 298 valence electrons. The van der Waals surface area contributed by atoms with Crippen LogP contribution in [0.15, 0.2) is 42.5 Å². The lowest BCUT2D eigenvalue weighted by Gasteiger charge is -2.29. The highest BCUT2D eigenvalue weighted by molar-refractivity contribution is 6.30. The van der Waals surface area contributed by atoms with Gasteiger partial charge >= 0.3 is 0 Å². The Kier molecular flexibility index (Phi) is 25.4. The van der Waals surface area contributed by atoms with Crippen molar-refractivity contribution in [1.82, 2.24) is 0 Å². The summed E-state index contributed by atoms with van der Waals surface area (Å²) >= 11 is 0. The summed E-state index contributed by atoms with van der Waals surface area (Å²) in [6.45, 7) is 6.50. The molecular formula is C50H81NO2. The summed E-state index contributed by atoms with van der Waals surface area (Å²) in [5.74, 6) is -0.00318. The second-order valence-corrected chi connectivity index (χ2v) is 16.5. The van der Waals surface area contributed by atoms with Gasteiger partial charge in [0.25, 0.3) is 0 Å². The molecule has 3 rings (SSSR count). The zero-order valence-corrected chi connectivity index (χ0v) is 34.8. The first-order valence-corrected chi connectivity index (χ1v) is 23.2. The van der Waals surface area contributed by atoms with Gasteiger partial charge in [-0.15, -0.1) is 0 Å².